The van der Waals surface area contributed by atoms with Crippen molar-refractivity contribution in [2.45, 2.75) is 32.2 Å². The van der Waals surface area contributed by atoms with Gasteiger partial charge in [-0.1, -0.05) is 60.5 Å². The van der Waals surface area contributed by atoms with Crippen LogP contribution in [-0.4, -0.2) is 27.1 Å². The molecule has 0 unspecified atom stereocenters. The van der Waals surface area contributed by atoms with E-state index >= 15 is 0 Å². The highest BCUT2D eigenvalue weighted by Gasteiger charge is 2.21. The molecule has 28 heavy (non-hydrogen) atoms. The van der Waals surface area contributed by atoms with Crippen LogP contribution in [-0.2, 0) is 14.8 Å². The first-order valence-electron chi connectivity index (χ1n) is 8.99. The second kappa shape index (κ2) is 10.1. The summed E-state index contributed by atoms with van der Waals surface area (Å²) in [5.41, 5.74) is 1.36. The third kappa shape index (κ3) is 6.40. The molecular weight excluding hydrogens is 419 g/mol. The summed E-state index contributed by atoms with van der Waals surface area (Å²) in [4.78, 5) is 12.3. The minimum absolute atomic E-state index is 0.0675. The fourth-order valence-electron chi connectivity index (χ4n) is 2.90. The van der Waals surface area contributed by atoms with Crippen molar-refractivity contribution < 1.29 is 13.2 Å². The van der Waals surface area contributed by atoms with Crippen LogP contribution < -0.4 is 9.62 Å². The molecular formula is C20H24Cl2N2O3S. The summed E-state index contributed by atoms with van der Waals surface area (Å²) in [6.07, 6.45) is 2.43. The summed E-state index contributed by atoms with van der Waals surface area (Å²) in [5, 5.41) is 3.68. The van der Waals surface area contributed by atoms with Crippen LogP contribution in [0.15, 0.2) is 48.5 Å². The van der Waals surface area contributed by atoms with Gasteiger partial charge in [-0.05, 0) is 36.6 Å². The van der Waals surface area contributed by atoms with E-state index in [9.17, 15) is 13.2 Å². The first-order chi connectivity index (χ1) is 13.2. The van der Waals surface area contributed by atoms with Crippen LogP contribution in [0.5, 0.6) is 0 Å². The molecule has 0 saturated heterocycles. The first-order valence-corrected chi connectivity index (χ1v) is 11.6. The van der Waals surface area contributed by atoms with Gasteiger partial charge in [0.25, 0.3) is 0 Å². The zero-order valence-electron chi connectivity index (χ0n) is 15.9. The second-order valence-corrected chi connectivity index (χ2v) is 9.22. The van der Waals surface area contributed by atoms with Crippen LogP contribution in [0.2, 0.25) is 10.0 Å². The van der Waals surface area contributed by atoms with Crippen LogP contribution in [0.3, 0.4) is 0 Å². The molecule has 1 atom stereocenters. The molecule has 152 valence electrons. The topological polar surface area (TPSA) is 66.5 Å². The molecule has 1 amide bonds. The highest BCUT2D eigenvalue weighted by molar-refractivity contribution is 7.92. The lowest BCUT2D eigenvalue weighted by atomic mass is 10.0. The fraction of sp³-hybridized carbons (Fsp3) is 0.350. The Hall–Kier alpha value is -1.76. The zero-order chi connectivity index (χ0) is 20.7. The molecule has 0 fully saturated rings. The molecule has 0 spiro atoms. The quantitative estimate of drug-likeness (QED) is 0.605. The van der Waals surface area contributed by atoms with Gasteiger partial charge in [-0.2, -0.15) is 0 Å². The van der Waals surface area contributed by atoms with Crippen LogP contribution in [0.1, 0.15) is 37.8 Å². The number of carbonyl (C=O) groups excluding carboxylic acids is 1. The maximum Gasteiger partial charge on any atom is 0.232 e. The predicted octanol–water partition coefficient (Wildman–Crippen LogP) is 4.81. The molecule has 0 radical (unpaired) electrons. The van der Waals surface area contributed by atoms with Gasteiger partial charge in [-0.15, -0.1) is 0 Å². The van der Waals surface area contributed by atoms with Crippen molar-refractivity contribution in [1.82, 2.24) is 5.32 Å². The molecule has 5 nitrogen and oxygen atoms in total. The van der Waals surface area contributed by atoms with Gasteiger partial charge in [-0.25, -0.2) is 8.42 Å². The summed E-state index contributed by atoms with van der Waals surface area (Å²) in [6.45, 7) is 2.14. The molecule has 0 aliphatic heterocycles. The molecule has 2 rings (SSSR count). The number of rotatable bonds is 9. The van der Waals surface area contributed by atoms with Gasteiger partial charge in [-0.3, -0.25) is 9.10 Å². The van der Waals surface area contributed by atoms with Gasteiger partial charge >= 0.3 is 0 Å². The van der Waals surface area contributed by atoms with Gasteiger partial charge in [0.15, 0.2) is 0 Å². The van der Waals surface area contributed by atoms with E-state index < -0.39 is 10.0 Å². The maximum absolute atomic E-state index is 12.3. The summed E-state index contributed by atoms with van der Waals surface area (Å²) in [6, 6.07) is 14.3. The van der Waals surface area contributed by atoms with Crippen molar-refractivity contribution in [3.63, 3.8) is 0 Å². The Kier molecular flexibility index (Phi) is 8.16. The minimum Gasteiger partial charge on any atom is -0.349 e. The molecule has 0 aliphatic carbocycles. The number of hydrogen-bond acceptors (Lipinski definition) is 3. The van der Waals surface area contributed by atoms with Crippen molar-refractivity contribution >= 4 is 44.8 Å². The number of hydrogen-bond donors (Lipinski definition) is 1. The highest BCUT2D eigenvalue weighted by atomic mass is 35.5. The average Bonchev–Trinajstić information content (AvgIpc) is 2.65. The number of halogens is 2. The minimum atomic E-state index is -3.57. The molecule has 0 saturated carbocycles. The Bertz CT molecular complexity index is 905. The van der Waals surface area contributed by atoms with Crippen molar-refractivity contribution in [1.29, 1.82) is 0 Å². The number of benzene rings is 2. The van der Waals surface area contributed by atoms with E-state index in [1.807, 2.05) is 37.3 Å². The molecule has 2 aromatic carbocycles. The van der Waals surface area contributed by atoms with Gasteiger partial charge < -0.3 is 5.32 Å². The highest BCUT2D eigenvalue weighted by Crippen LogP contribution is 2.30. The largest absolute Gasteiger partial charge is 0.349 e. The van der Waals surface area contributed by atoms with Gasteiger partial charge in [0, 0.05) is 18.0 Å². The smallest absolute Gasteiger partial charge is 0.232 e. The fourth-order valence-corrected chi connectivity index (χ4v) is 4.30. The van der Waals surface area contributed by atoms with Gasteiger partial charge in [0.2, 0.25) is 15.9 Å². The molecule has 0 aromatic heterocycles. The number of anilines is 1. The number of amides is 1. The lowest BCUT2D eigenvalue weighted by molar-refractivity contribution is -0.121. The van der Waals surface area contributed by atoms with Crippen molar-refractivity contribution in [2.75, 3.05) is 17.1 Å². The molecule has 0 aliphatic rings. The number of carbonyl (C=O) groups is 1. The Labute approximate surface area is 176 Å². The molecule has 0 heterocycles. The number of nitrogens with one attached hydrogen (secondary N) is 1. The Morgan fingerprint density at radius 2 is 1.82 bits per heavy atom. The Balaban J connectivity index is 2.00. The monoisotopic (exact) mass is 442 g/mol. The van der Waals surface area contributed by atoms with E-state index in [2.05, 4.69) is 5.32 Å². The predicted molar refractivity (Wildman–Crippen MR) is 116 cm³/mol. The Morgan fingerprint density at radius 3 is 2.43 bits per heavy atom. The van der Waals surface area contributed by atoms with Crippen molar-refractivity contribution in [2.24, 2.45) is 0 Å². The van der Waals surface area contributed by atoms with Crippen LogP contribution >= 0.6 is 23.2 Å². The average molecular weight is 443 g/mol. The third-order valence-electron chi connectivity index (χ3n) is 4.29. The zero-order valence-corrected chi connectivity index (χ0v) is 18.2. The summed E-state index contributed by atoms with van der Waals surface area (Å²) in [5.74, 6) is -0.124. The van der Waals surface area contributed by atoms with Gasteiger partial charge in [0.1, 0.15) is 0 Å². The molecule has 2 aromatic rings. The van der Waals surface area contributed by atoms with Crippen LogP contribution in [0.25, 0.3) is 0 Å². The maximum atomic E-state index is 12.3. The van der Waals surface area contributed by atoms with E-state index in [4.69, 9.17) is 23.2 Å². The summed E-state index contributed by atoms with van der Waals surface area (Å²) < 4.78 is 25.6. The third-order valence-corrected chi connectivity index (χ3v) is 6.02. The van der Waals surface area contributed by atoms with E-state index in [1.54, 1.807) is 12.1 Å². The van der Waals surface area contributed by atoms with E-state index in [-0.39, 0.29) is 29.9 Å². The number of nitrogens with zero attached hydrogens (tertiary/aromatic N) is 1. The van der Waals surface area contributed by atoms with E-state index in [0.29, 0.717) is 17.1 Å². The Morgan fingerprint density at radius 1 is 1.14 bits per heavy atom. The van der Waals surface area contributed by atoms with E-state index in [0.717, 1.165) is 18.2 Å². The lowest BCUT2D eigenvalue weighted by Crippen LogP contribution is -2.33. The van der Waals surface area contributed by atoms with Crippen LogP contribution in [0.4, 0.5) is 5.69 Å². The summed E-state index contributed by atoms with van der Waals surface area (Å²) >= 11 is 12.1. The van der Waals surface area contributed by atoms with Gasteiger partial charge in [0.05, 0.1) is 23.0 Å². The number of sulfonamides is 1. The SMILES string of the molecule is CC[C@H](NC(=O)CCCN(c1cc(Cl)ccc1Cl)S(C)(=O)=O)c1ccccc1. The van der Waals surface area contributed by atoms with Crippen molar-refractivity contribution in [3.05, 3.63) is 64.1 Å². The molecule has 1 N–H and O–H groups in total. The molecule has 0 bridgehead atoms. The first kappa shape index (κ1) is 22.5. The summed E-state index contributed by atoms with van der Waals surface area (Å²) in [7, 11) is -3.57. The second-order valence-electron chi connectivity index (χ2n) is 6.47. The standard InChI is InChI=1S/C20H24Cl2N2O3S/c1-3-18(15-8-5-4-6-9-15)23-20(25)10-7-13-24(28(2,26)27)19-14-16(21)11-12-17(19)22/h4-6,8-9,11-12,14,18H,3,7,10,13H2,1-2H3,(H,23,25)/t18-/m0/s1. The lowest BCUT2D eigenvalue weighted by Gasteiger charge is -2.24. The van der Waals surface area contributed by atoms with E-state index in [1.165, 1.54) is 10.4 Å². The molecule has 8 heteroatoms. The van der Waals surface area contributed by atoms with Crippen LogP contribution in [0, 0.1) is 0 Å². The van der Waals surface area contributed by atoms with Crippen molar-refractivity contribution in [3.8, 4) is 0 Å². The normalized spacial score (nSPS) is 12.4.